The van der Waals surface area contributed by atoms with Crippen LogP contribution in [0, 0.1) is 5.41 Å². The van der Waals surface area contributed by atoms with Gasteiger partial charge < -0.3 is 19.1 Å². The van der Waals surface area contributed by atoms with Crippen molar-refractivity contribution in [3.05, 3.63) is 44.7 Å². The lowest BCUT2D eigenvalue weighted by Gasteiger charge is -2.40. The van der Waals surface area contributed by atoms with Crippen LogP contribution < -0.4 is 15.6 Å². The Morgan fingerprint density at radius 2 is 2.03 bits per heavy atom. The van der Waals surface area contributed by atoms with Gasteiger partial charge in [-0.2, -0.15) is 0 Å². The molecule has 6 nitrogen and oxygen atoms in total. The van der Waals surface area contributed by atoms with Crippen LogP contribution in [0.1, 0.15) is 49.2 Å². The van der Waals surface area contributed by atoms with Crippen molar-refractivity contribution < 1.29 is 19.4 Å². The van der Waals surface area contributed by atoms with Crippen molar-refractivity contribution in [1.29, 1.82) is 0 Å². The molecular formula is C22H27BClNO5. The van der Waals surface area contributed by atoms with Crippen LogP contribution in [0.25, 0.3) is 11.3 Å². The smallest absolute Gasteiger partial charge is 0.341 e. The average molecular weight is 432 g/mol. The number of hydrogen-bond donors (Lipinski definition) is 1. The number of carbonyl (C=O) groups is 1. The maximum Gasteiger partial charge on any atom is 0.341 e. The Balaban J connectivity index is 2.18. The highest BCUT2D eigenvalue weighted by Crippen LogP contribution is 2.44. The number of methoxy groups -OCH3 is 1. The van der Waals surface area contributed by atoms with E-state index in [1.165, 1.54) is 6.20 Å². The Morgan fingerprint density at radius 1 is 1.33 bits per heavy atom. The monoisotopic (exact) mass is 431 g/mol. The predicted octanol–water partition coefficient (Wildman–Crippen LogP) is 2.68. The van der Waals surface area contributed by atoms with Gasteiger partial charge in [0.05, 0.1) is 11.6 Å². The summed E-state index contributed by atoms with van der Waals surface area (Å²) >= 11 is 6.50. The van der Waals surface area contributed by atoms with Gasteiger partial charge in [0.25, 0.3) is 0 Å². The van der Waals surface area contributed by atoms with E-state index in [9.17, 15) is 14.7 Å². The largest absolute Gasteiger partial charge is 0.492 e. The maximum absolute atomic E-state index is 12.7. The van der Waals surface area contributed by atoms with Crippen LogP contribution in [-0.4, -0.2) is 43.8 Å². The summed E-state index contributed by atoms with van der Waals surface area (Å²) in [5.74, 6) is -0.607. The highest BCUT2D eigenvalue weighted by Gasteiger charge is 2.35. The number of rotatable bonds is 6. The molecule has 160 valence electrons. The molecule has 0 bridgehead atoms. The van der Waals surface area contributed by atoms with E-state index in [1.54, 1.807) is 15.0 Å². The van der Waals surface area contributed by atoms with Gasteiger partial charge in [0.2, 0.25) is 0 Å². The Hall–Kier alpha value is -2.25. The van der Waals surface area contributed by atoms with E-state index >= 15 is 0 Å². The molecule has 1 unspecified atom stereocenters. The molecule has 1 atom stereocenters. The number of carboxylic acids is 1. The maximum atomic E-state index is 12.7. The topological polar surface area (TPSA) is 77.8 Å². The highest BCUT2D eigenvalue weighted by molar-refractivity contribution is 6.36. The molecule has 0 radical (unpaired) electrons. The zero-order valence-corrected chi connectivity index (χ0v) is 18.8. The van der Waals surface area contributed by atoms with Crippen LogP contribution in [0.5, 0.6) is 5.75 Å². The van der Waals surface area contributed by atoms with Crippen LogP contribution >= 0.6 is 11.6 Å². The summed E-state index contributed by atoms with van der Waals surface area (Å²) in [6, 6.07) is 3.74. The fraction of sp³-hybridized carbons (Fsp3) is 0.455. The summed E-state index contributed by atoms with van der Waals surface area (Å²) in [7, 11) is 3.33. The van der Waals surface area contributed by atoms with Crippen molar-refractivity contribution in [2.24, 2.45) is 5.41 Å². The van der Waals surface area contributed by atoms with Gasteiger partial charge in [0, 0.05) is 43.6 Å². The zero-order chi connectivity index (χ0) is 22.2. The van der Waals surface area contributed by atoms with Gasteiger partial charge in [-0.15, -0.1) is 0 Å². The molecule has 0 saturated heterocycles. The zero-order valence-electron chi connectivity index (χ0n) is 18.0. The fourth-order valence-corrected chi connectivity index (χ4v) is 4.23. The van der Waals surface area contributed by atoms with Gasteiger partial charge in [-0.05, 0) is 35.0 Å². The van der Waals surface area contributed by atoms with Crippen molar-refractivity contribution in [1.82, 2.24) is 4.57 Å². The molecule has 1 aromatic heterocycles. The van der Waals surface area contributed by atoms with E-state index in [1.807, 2.05) is 16.7 Å². The first kappa shape index (κ1) is 22.4. The third-order valence-corrected chi connectivity index (χ3v) is 5.90. The first-order chi connectivity index (χ1) is 14.1. The first-order valence-electron chi connectivity index (χ1n) is 9.99. The molecule has 1 aromatic carbocycles. The molecule has 1 aliphatic heterocycles. The third-order valence-electron chi connectivity index (χ3n) is 5.61. The van der Waals surface area contributed by atoms with Crippen molar-refractivity contribution in [3.8, 4) is 17.0 Å². The van der Waals surface area contributed by atoms with Crippen LogP contribution in [-0.2, 0) is 11.2 Å². The lowest BCUT2D eigenvalue weighted by atomic mass is 9.76. The van der Waals surface area contributed by atoms with Crippen molar-refractivity contribution in [2.45, 2.75) is 39.7 Å². The van der Waals surface area contributed by atoms with Gasteiger partial charge in [-0.1, -0.05) is 32.4 Å². The summed E-state index contributed by atoms with van der Waals surface area (Å²) < 4.78 is 12.9. The Morgan fingerprint density at radius 3 is 2.63 bits per heavy atom. The van der Waals surface area contributed by atoms with E-state index in [0.29, 0.717) is 35.9 Å². The van der Waals surface area contributed by atoms with E-state index < -0.39 is 11.4 Å². The summed E-state index contributed by atoms with van der Waals surface area (Å²) in [5, 5.41) is 9.98. The van der Waals surface area contributed by atoms with Crippen LogP contribution in [0.15, 0.2) is 23.1 Å². The lowest BCUT2D eigenvalue weighted by Crippen LogP contribution is -2.40. The van der Waals surface area contributed by atoms with Gasteiger partial charge in [0.15, 0.2) is 5.43 Å². The number of nitrogens with zero attached hydrogens (tertiary/aromatic N) is 1. The molecule has 0 spiro atoms. The summed E-state index contributed by atoms with van der Waals surface area (Å²) in [6.45, 7) is 7.43. The average Bonchev–Trinajstić information content (AvgIpc) is 2.66. The quantitative estimate of drug-likeness (QED) is 0.562. The van der Waals surface area contributed by atoms with Crippen molar-refractivity contribution in [3.63, 3.8) is 0 Å². The standard InChI is InChI=1S/C22H27BClNO5/c1-22(2,3)17-9-12-8-16(30-7-5-6-29-4)15(24)10-13(12)19-18(23)20(26)14(21(27)28)11-25(17)19/h8,10-11,17H,5-7,9,23H2,1-4H3,(H,27,28). The first-order valence-corrected chi connectivity index (χ1v) is 10.4. The van der Waals surface area contributed by atoms with Crippen molar-refractivity contribution >= 4 is 30.9 Å². The number of halogens is 1. The number of aromatic carboxylic acids is 1. The summed E-state index contributed by atoms with van der Waals surface area (Å²) in [6.07, 6.45) is 2.91. The fourth-order valence-electron chi connectivity index (χ4n) is 4.02. The SMILES string of the molecule is Bc1c2n(cc(C(=O)O)c1=O)C(C(C)(C)C)Cc1cc(OCCCOC)c(Cl)cc1-2. The molecule has 30 heavy (non-hydrogen) atoms. The minimum Gasteiger partial charge on any atom is -0.492 e. The van der Waals surface area contributed by atoms with E-state index in [2.05, 4.69) is 20.8 Å². The Labute approximate surface area is 182 Å². The Kier molecular flexibility index (Phi) is 6.34. The molecule has 2 heterocycles. The molecule has 2 aromatic rings. The molecule has 1 aliphatic rings. The van der Waals surface area contributed by atoms with Gasteiger partial charge in [-0.3, -0.25) is 4.79 Å². The van der Waals surface area contributed by atoms with E-state index in [0.717, 1.165) is 23.2 Å². The second-order valence-corrected chi connectivity index (χ2v) is 9.19. The van der Waals surface area contributed by atoms with Crippen LogP contribution in [0.4, 0.5) is 0 Å². The summed E-state index contributed by atoms with van der Waals surface area (Å²) in [5.41, 5.74) is 2.17. The molecule has 0 aliphatic carbocycles. The molecule has 0 saturated carbocycles. The number of hydrogen-bond acceptors (Lipinski definition) is 4. The number of fused-ring (bicyclic) bond motifs is 3. The molecule has 8 heteroatoms. The Bertz CT molecular complexity index is 1040. The third kappa shape index (κ3) is 4.14. The highest BCUT2D eigenvalue weighted by atomic mass is 35.5. The second kappa shape index (κ2) is 8.48. The van der Waals surface area contributed by atoms with E-state index in [-0.39, 0.29) is 17.0 Å². The number of aromatic nitrogens is 1. The van der Waals surface area contributed by atoms with Crippen LogP contribution in [0.2, 0.25) is 5.02 Å². The normalized spacial score (nSPS) is 15.4. The molecular weight excluding hydrogens is 405 g/mol. The van der Waals surface area contributed by atoms with Gasteiger partial charge in [-0.25, -0.2) is 4.79 Å². The van der Waals surface area contributed by atoms with Crippen LogP contribution in [0.3, 0.4) is 0 Å². The molecule has 1 N–H and O–H groups in total. The molecule has 0 amide bonds. The van der Waals surface area contributed by atoms with Gasteiger partial charge in [0.1, 0.15) is 19.2 Å². The van der Waals surface area contributed by atoms with Gasteiger partial charge >= 0.3 is 5.97 Å². The molecule has 0 fully saturated rings. The summed E-state index contributed by atoms with van der Waals surface area (Å²) in [4.78, 5) is 24.4. The minimum atomic E-state index is -1.21. The second-order valence-electron chi connectivity index (χ2n) is 8.78. The number of ether oxygens (including phenoxy) is 2. The van der Waals surface area contributed by atoms with E-state index in [4.69, 9.17) is 21.1 Å². The van der Waals surface area contributed by atoms with Crippen molar-refractivity contribution in [2.75, 3.05) is 20.3 Å². The number of benzene rings is 1. The predicted molar refractivity (Wildman–Crippen MR) is 120 cm³/mol. The molecule has 3 rings (SSSR count). The number of carboxylic acid groups (broad SMARTS) is 1. The number of pyridine rings is 1. The minimum absolute atomic E-state index is 0.0279. The lowest BCUT2D eigenvalue weighted by molar-refractivity contribution is 0.0693.